The maximum absolute atomic E-state index is 12.3. The van der Waals surface area contributed by atoms with Crippen LogP contribution in [0.3, 0.4) is 0 Å². The fraction of sp³-hybridized carbons (Fsp3) is 0.500. The Hall–Kier alpha value is -2.13. The van der Waals surface area contributed by atoms with Crippen LogP contribution in [0.1, 0.15) is 0 Å². The third-order valence-corrected chi connectivity index (χ3v) is 6.60. The highest BCUT2D eigenvalue weighted by Crippen LogP contribution is 2.36. The number of nitrogens with two attached hydrogens (primary N) is 1. The van der Waals surface area contributed by atoms with Crippen LogP contribution in [0.2, 0.25) is 0 Å². The molecule has 1 saturated heterocycles. The molecule has 12 nitrogen and oxygen atoms in total. The van der Waals surface area contributed by atoms with Crippen molar-refractivity contribution in [3.8, 4) is 11.4 Å². The Labute approximate surface area is 162 Å². The topological polar surface area (TPSA) is 176 Å². The van der Waals surface area contributed by atoms with Gasteiger partial charge >= 0.3 is 0 Å². The Kier molecular flexibility index (Phi) is 5.95. The van der Waals surface area contributed by atoms with Gasteiger partial charge in [0.25, 0.3) is 0 Å². The number of primary sulfonamides is 1. The minimum atomic E-state index is -4.39. The Morgan fingerprint density at radius 1 is 1.21 bits per heavy atom. The van der Waals surface area contributed by atoms with Crippen LogP contribution in [0.4, 0.5) is 5.69 Å². The Morgan fingerprint density at radius 2 is 1.93 bits per heavy atom. The van der Waals surface area contributed by atoms with Crippen molar-refractivity contribution in [2.75, 3.05) is 50.8 Å². The summed E-state index contributed by atoms with van der Waals surface area (Å²) in [5, 5.41) is 24.9. The first-order valence-electron chi connectivity index (χ1n) is 8.49. The summed E-state index contributed by atoms with van der Waals surface area (Å²) in [6, 6.07) is 2.70. The molecule has 0 amide bonds. The van der Waals surface area contributed by atoms with E-state index in [1.807, 2.05) is 0 Å². The fourth-order valence-corrected chi connectivity index (χ4v) is 5.47. The molecular formula is C14H22N8O4S2. The Morgan fingerprint density at radius 3 is 2.50 bits per heavy atom. The molecular weight excluding hydrogens is 408 g/mol. The zero-order valence-electron chi connectivity index (χ0n) is 15.2. The molecule has 0 bridgehead atoms. The highest BCUT2D eigenvalue weighted by atomic mass is 32.2. The molecule has 1 aliphatic rings. The highest BCUT2D eigenvalue weighted by Gasteiger charge is 2.29. The second kappa shape index (κ2) is 8.08. The summed E-state index contributed by atoms with van der Waals surface area (Å²) in [6.45, 7) is 4.89. The third-order valence-electron chi connectivity index (χ3n) is 4.34. The third kappa shape index (κ3) is 4.64. The molecule has 0 atom stereocenters. The molecule has 1 aromatic carbocycles. The zero-order chi connectivity index (χ0) is 20.4. The van der Waals surface area contributed by atoms with E-state index in [-0.39, 0.29) is 11.4 Å². The number of tetrazole rings is 1. The molecule has 1 fully saturated rings. The van der Waals surface area contributed by atoms with Crippen LogP contribution in [0, 0.1) is 0 Å². The molecule has 0 aliphatic carbocycles. The van der Waals surface area contributed by atoms with Crippen molar-refractivity contribution < 1.29 is 16.8 Å². The van der Waals surface area contributed by atoms with Gasteiger partial charge < -0.3 is 10.6 Å². The summed E-state index contributed by atoms with van der Waals surface area (Å²) in [6.07, 6.45) is 0.914. The number of sulfonamides is 1. The van der Waals surface area contributed by atoms with Crippen LogP contribution >= 0.6 is 0 Å². The molecule has 154 valence electrons. The van der Waals surface area contributed by atoms with E-state index >= 15 is 0 Å². The number of nitrogens with zero attached hydrogens (tertiary/aromatic N) is 4. The molecule has 1 aromatic heterocycles. The van der Waals surface area contributed by atoms with Gasteiger partial charge in [0, 0.05) is 51.2 Å². The average molecular weight is 431 g/mol. The van der Waals surface area contributed by atoms with Gasteiger partial charge in [0.1, 0.15) is 4.90 Å². The predicted octanol–water partition coefficient (Wildman–Crippen LogP) is -1.77. The Balaban J connectivity index is 2.02. The van der Waals surface area contributed by atoms with Crippen LogP contribution in [0.15, 0.2) is 21.9 Å². The van der Waals surface area contributed by atoms with Crippen molar-refractivity contribution >= 4 is 25.5 Å². The van der Waals surface area contributed by atoms with E-state index in [1.165, 1.54) is 12.1 Å². The first-order valence-corrected chi connectivity index (χ1v) is 11.9. The second-order valence-corrected chi connectivity index (χ2v) is 9.88. The van der Waals surface area contributed by atoms with E-state index in [4.69, 9.17) is 5.14 Å². The van der Waals surface area contributed by atoms with Crippen LogP contribution in [0.5, 0.6) is 0 Å². The van der Waals surface area contributed by atoms with Gasteiger partial charge in [-0.2, -0.15) is 0 Å². The molecule has 0 spiro atoms. The smallest absolute Gasteiger partial charge is 0.240 e. The van der Waals surface area contributed by atoms with Crippen molar-refractivity contribution in [1.29, 1.82) is 0 Å². The molecule has 2 aromatic rings. The first-order chi connectivity index (χ1) is 13.2. The van der Waals surface area contributed by atoms with Crippen molar-refractivity contribution in [2.45, 2.75) is 9.79 Å². The van der Waals surface area contributed by atoms with E-state index in [0.29, 0.717) is 12.2 Å². The van der Waals surface area contributed by atoms with E-state index in [1.54, 1.807) is 0 Å². The molecule has 0 saturated carbocycles. The molecule has 0 unspecified atom stereocenters. The fourth-order valence-electron chi connectivity index (χ4n) is 3.07. The lowest BCUT2D eigenvalue weighted by Crippen LogP contribution is -2.45. The van der Waals surface area contributed by atoms with Crippen LogP contribution in [-0.4, -0.2) is 87.9 Å². The number of sulfone groups is 1. The van der Waals surface area contributed by atoms with Crippen molar-refractivity contribution in [2.24, 2.45) is 5.14 Å². The number of aromatic amines is 1. The van der Waals surface area contributed by atoms with Crippen LogP contribution < -0.4 is 15.8 Å². The summed E-state index contributed by atoms with van der Waals surface area (Å²) in [5.41, 5.74) is 0.362. The predicted molar refractivity (Wildman–Crippen MR) is 102 cm³/mol. The van der Waals surface area contributed by atoms with Gasteiger partial charge in [-0.25, -0.2) is 27.1 Å². The standard InChI is InChI=1S/C14H22N8O4S2/c1-27(23,24)11-3-2-10(17-6-9-22-7-4-16-5-8-22)12(13(11)28(15,25)26)14-18-20-21-19-14/h2-3,16-17H,4-9H2,1H3,(H2,15,25,26)(H,18,19,20,21). The van der Waals surface area contributed by atoms with E-state index in [0.717, 1.165) is 39.0 Å². The molecule has 2 heterocycles. The minimum Gasteiger partial charge on any atom is -0.383 e. The molecule has 5 N–H and O–H groups in total. The van der Waals surface area contributed by atoms with Gasteiger partial charge in [0.05, 0.1) is 10.5 Å². The van der Waals surface area contributed by atoms with Gasteiger partial charge in [-0.15, -0.1) is 5.10 Å². The first kappa shape index (κ1) is 20.6. The summed E-state index contributed by atoms with van der Waals surface area (Å²) in [7, 11) is -8.26. The normalized spacial score (nSPS) is 16.2. The van der Waals surface area contributed by atoms with Gasteiger partial charge in [0.2, 0.25) is 10.0 Å². The molecule has 0 radical (unpaired) electrons. The molecule has 1 aliphatic heterocycles. The summed E-state index contributed by atoms with van der Waals surface area (Å²) < 4.78 is 48.8. The largest absolute Gasteiger partial charge is 0.383 e. The number of benzene rings is 1. The SMILES string of the molecule is CS(=O)(=O)c1ccc(NCCN2CCNCC2)c(-c2nnn[nH]2)c1S(N)(=O)=O. The van der Waals surface area contributed by atoms with Gasteiger partial charge in [-0.3, -0.25) is 4.90 Å². The minimum absolute atomic E-state index is 0.000743. The number of hydrogen-bond donors (Lipinski definition) is 4. The number of piperazine rings is 1. The van der Waals surface area contributed by atoms with E-state index < -0.39 is 29.7 Å². The lowest BCUT2D eigenvalue weighted by Gasteiger charge is -2.27. The number of nitrogens with one attached hydrogen (secondary N) is 3. The Bertz CT molecular complexity index is 1030. The number of H-pyrrole nitrogens is 1. The van der Waals surface area contributed by atoms with Crippen LogP contribution in [0.25, 0.3) is 11.4 Å². The van der Waals surface area contributed by atoms with Crippen molar-refractivity contribution in [1.82, 2.24) is 30.8 Å². The monoisotopic (exact) mass is 430 g/mol. The van der Waals surface area contributed by atoms with Gasteiger partial charge in [-0.1, -0.05) is 0 Å². The van der Waals surface area contributed by atoms with Gasteiger partial charge in [0.15, 0.2) is 15.7 Å². The number of hydrogen-bond acceptors (Lipinski definition) is 10. The molecule has 28 heavy (non-hydrogen) atoms. The quantitative estimate of drug-likeness (QED) is 0.393. The number of rotatable bonds is 7. The van der Waals surface area contributed by atoms with Gasteiger partial charge in [-0.05, 0) is 22.6 Å². The van der Waals surface area contributed by atoms with Crippen molar-refractivity contribution in [3.63, 3.8) is 0 Å². The van der Waals surface area contributed by atoms with E-state index in [2.05, 4.69) is 36.2 Å². The zero-order valence-corrected chi connectivity index (χ0v) is 16.8. The lowest BCUT2D eigenvalue weighted by atomic mass is 10.1. The highest BCUT2D eigenvalue weighted by molar-refractivity contribution is 7.93. The molecule has 3 rings (SSSR count). The average Bonchev–Trinajstić information content (AvgIpc) is 3.15. The number of aromatic nitrogens is 4. The summed E-state index contributed by atoms with van der Waals surface area (Å²) in [4.78, 5) is 1.31. The summed E-state index contributed by atoms with van der Waals surface area (Å²) in [5.74, 6) is -0.000743. The van der Waals surface area contributed by atoms with E-state index in [9.17, 15) is 16.8 Å². The second-order valence-electron chi connectivity index (χ2n) is 6.40. The van der Waals surface area contributed by atoms with Crippen molar-refractivity contribution in [3.05, 3.63) is 12.1 Å². The maximum Gasteiger partial charge on any atom is 0.240 e. The van der Waals surface area contributed by atoms with Crippen LogP contribution in [-0.2, 0) is 19.9 Å². The number of anilines is 1. The lowest BCUT2D eigenvalue weighted by molar-refractivity contribution is 0.249. The summed E-state index contributed by atoms with van der Waals surface area (Å²) >= 11 is 0. The maximum atomic E-state index is 12.3. The molecule has 14 heteroatoms.